The minimum Gasteiger partial charge on any atom is -0.391 e. The molecule has 18 heavy (non-hydrogen) atoms. The van der Waals surface area contributed by atoms with E-state index in [-0.39, 0.29) is 12.1 Å². The molecule has 1 fully saturated rings. The van der Waals surface area contributed by atoms with Gasteiger partial charge in [-0.15, -0.1) is 0 Å². The number of aldehydes is 1. The number of halogens is 1. The Balaban J connectivity index is 2.27. The highest BCUT2D eigenvalue weighted by Gasteiger charge is 2.27. The first kappa shape index (κ1) is 13.6. The van der Waals surface area contributed by atoms with Crippen LogP contribution in [0.25, 0.3) is 0 Å². The molecule has 0 aromatic heterocycles. The van der Waals surface area contributed by atoms with Gasteiger partial charge in [0, 0.05) is 22.8 Å². The van der Waals surface area contributed by atoms with E-state index in [0.717, 1.165) is 42.1 Å². The van der Waals surface area contributed by atoms with Crippen LogP contribution in [0.4, 0.5) is 5.69 Å². The Labute approximate surface area is 116 Å². The Morgan fingerprint density at radius 1 is 1.39 bits per heavy atom. The van der Waals surface area contributed by atoms with Crippen LogP contribution in [0.1, 0.15) is 36.0 Å². The van der Waals surface area contributed by atoms with Crippen molar-refractivity contribution in [2.75, 3.05) is 11.9 Å². The van der Waals surface area contributed by atoms with Crippen molar-refractivity contribution in [3.8, 4) is 0 Å². The standard InChI is InChI=1S/C14H18BrNO2/c1-16(13-4-2-3-5-14(13)18)12-7-6-11(15)8-10(12)9-17/h6-9,13-14,18H,2-5H2,1H3. The Hall–Kier alpha value is -0.870. The summed E-state index contributed by atoms with van der Waals surface area (Å²) in [4.78, 5) is 13.2. The zero-order valence-corrected chi connectivity index (χ0v) is 12.1. The topological polar surface area (TPSA) is 40.5 Å². The molecule has 0 spiro atoms. The van der Waals surface area contributed by atoms with E-state index in [2.05, 4.69) is 15.9 Å². The van der Waals surface area contributed by atoms with E-state index in [0.29, 0.717) is 5.56 Å². The Kier molecular flexibility index (Phi) is 4.40. The largest absolute Gasteiger partial charge is 0.391 e. The number of hydrogen-bond donors (Lipinski definition) is 1. The van der Waals surface area contributed by atoms with Crippen molar-refractivity contribution < 1.29 is 9.90 Å². The van der Waals surface area contributed by atoms with Gasteiger partial charge in [0.15, 0.2) is 6.29 Å². The van der Waals surface area contributed by atoms with E-state index < -0.39 is 0 Å². The second-order valence-corrected chi connectivity index (χ2v) is 5.77. The van der Waals surface area contributed by atoms with E-state index >= 15 is 0 Å². The van der Waals surface area contributed by atoms with Crippen LogP contribution in [0, 0.1) is 0 Å². The zero-order chi connectivity index (χ0) is 13.1. The lowest BCUT2D eigenvalue weighted by molar-refractivity contribution is 0.105. The third kappa shape index (κ3) is 2.75. The van der Waals surface area contributed by atoms with Gasteiger partial charge in [-0.05, 0) is 31.0 Å². The molecule has 1 saturated carbocycles. The number of rotatable bonds is 3. The fourth-order valence-electron chi connectivity index (χ4n) is 2.66. The van der Waals surface area contributed by atoms with Crippen molar-refractivity contribution >= 4 is 27.9 Å². The monoisotopic (exact) mass is 311 g/mol. The predicted molar refractivity (Wildman–Crippen MR) is 76.2 cm³/mol. The first-order chi connectivity index (χ1) is 8.63. The molecule has 1 aliphatic carbocycles. The van der Waals surface area contributed by atoms with Gasteiger partial charge >= 0.3 is 0 Å². The average Bonchev–Trinajstić information content (AvgIpc) is 2.38. The lowest BCUT2D eigenvalue weighted by atomic mass is 9.91. The van der Waals surface area contributed by atoms with Crippen LogP contribution in [0.2, 0.25) is 0 Å². The molecule has 0 amide bonds. The molecule has 0 saturated heterocycles. The average molecular weight is 312 g/mol. The Morgan fingerprint density at radius 2 is 2.11 bits per heavy atom. The molecule has 0 aliphatic heterocycles. The van der Waals surface area contributed by atoms with E-state index in [9.17, 15) is 9.90 Å². The van der Waals surface area contributed by atoms with Crippen molar-refractivity contribution in [1.82, 2.24) is 0 Å². The van der Waals surface area contributed by atoms with E-state index in [1.54, 1.807) is 0 Å². The first-order valence-corrected chi connectivity index (χ1v) is 7.08. The van der Waals surface area contributed by atoms with Crippen LogP contribution >= 0.6 is 15.9 Å². The van der Waals surface area contributed by atoms with Gasteiger partial charge in [-0.3, -0.25) is 4.79 Å². The summed E-state index contributed by atoms with van der Waals surface area (Å²) < 4.78 is 0.894. The highest BCUT2D eigenvalue weighted by atomic mass is 79.9. The molecule has 1 aliphatic rings. The maximum atomic E-state index is 11.1. The van der Waals surface area contributed by atoms with Gasteiger partial charge in [0.1, 0.15) is 0 Å². The summed E-state index contributed by atoms with van der Waals surface area (Å²) in [7, 11) is 1.95. The molecule has 0 bridgehead atoms. The van der Waals surface area contributed by atoms with Crippen LogP contribution < -0.4 is 4.90 Å². The van der Waals surface area contributed by atoms with Gasteiger partial charge in [0.25, 0.3) is 0 Å². The number of nitrogens with zero attached hydrogens (tertiary/aromatic N) is 1. The van der Waals surface area contributed by atoms with E-state index in [1.165, 1.54) is 0 Å². The van der Waals surface area contributed by atoms with Crippen LogP contribution in [0.5, 0.6) is 0 Å². The number of aliphatic hydroxyl groups excluding tert-OH is 1. The summed E-state index contributed by atoms with van der Waals surface area (Å²) in [5, 5.41) is 10.1. The number of anilines is 1. The number of aliphatic hydroxyl groups is 1. The maximum absolute atomic E-state index is 11.1. The smallest absolute Gasteiger partial charge is 0.152 e. The molecule has 0 radical (unpaired) electrons. The van der Waals surface area contributed by atoms with Crippen molar-refractivity contribution in [1.29, 1.82) is 0 Å². The summed E-state index contributed by atoms with van der Waals surface area (Å²) in [6.45, 7) is 0. The molecule has 0 heterocycles. The minimum atomic E-state index is -0.299. The molecule has 1 aromatic rings. The highest BCUT2D eigenvalue weighted by Crippen LogP contribution is 2.29. The van der Waals surface area contributed by atoms with Crippen molar-refractivity contribution in [2.45, 2.75) is 37.8 Å². The SMILES string of the molecule is CN(c1ccc(Br)cc1C=O)C1CCCCC1O. The lowest BCUT2D eigenvalue weighted by Gasteiger charge is -2.37. The summed E-state index contributed by atoms with van der Waals surface area (Å²) in [5.41, 5.74) is 1.55. The van der Waals surface area contributed by atoms with Crippen LogP contribution in [0.15, 0.2) is 22.7 Å². The lowest BCUT2D eigenvalue weighted by Crippen LogP contribution is -2.43. The number of carbonyl (C=O) groups is 1. The molecular weight excluding hydrogens is 294 g/mol. The Bertz CT molecular complexity index is 436. The number of likely N-dealkylation sites (N-methyl/N-ethyl adjacent to an activating group) is 1. The molecule has 3 nitrogen and oxygen atoms in total. The Morgan fingerprint density at radius 3 is 2.78 bits per heavy atom. The van der Waals surface area contributed by atoms with Gasteiger partial charge in [0.05, 0.1) is 12.1 Å². The van der Waals surface area contributed by atoms with Gasteiger partial charge < -0.3 is 10.0 Å². The van der Waals surface area contributed by atoms with E-state index in [4.69, 9.17) is 0 Å². The third-order valence-electron chi connectivity index (χ3n) is 3.69. The second-order valence-electron chi connectivity index (χ2n) is 4.85. The molecule has 2 rings (SSSR count). The molecule has 2 atom stereocenters. The maximum Gasteiger partial charge on any atom is 0.152 e. The normalized spacial score (nSPS) is 23.7. The van der Waals surface area contributed by atoms with Crippen molar-refractivity contribution in [3.63, 3.8) is 0 Å². The molecule has 98 valence electrons. The van der Waals surface area contributed by atoms with Crippen molar-refractivity contribution in [3.05, 3.63) is 28.2 Å². The molecule has 2 unspecified atom stereocenters. The highest BCUT2D eigenvalue weighted by molar-refractivity contribution is 9.10. The summed E-state index contributed by atoms with van der Waals surface area (Å²) in [6.07, 6.45) is 4.62. The van der Waals surface area contributed by atoms with Crippen LogP contribution in [-0.4, -0.2) is 30.6 Å². The third-order valence-corrected chi connectivity index (χ3v) is 4.18. The molecular formula is C14H18BrNO2. The van der Waals surface area contributed by atoms with Gasteiger partial charge in [-0.1, -0.05) is 28.8 Å². The first-order valence-electron chi connectivity index (χ1n) is 6.29. The predicted octanol–water partition coefficient (Wildman–Crippen LogP) is 3.00. The molecule has 4 heteroatoms. The summed E-state index contributed by atoms with van der Waals surface area (Å²) in [6, 6.07) is 5.77. The quantitative estimate of drug-likeness (QED) is 0.872. The van der Waals surface area contributed by atoms with Crippen LogP contribution in [-0.2, 0) is 0 Å². The molecule has 1 aromatic carbocycles. The van der Waals surface area contributed by atoms with Gasteiger partial charge in [0.2, 0.25) is 0 Å². The second kappa shape index (κ2) is 5.85. The van der Waals surface area contributed by atoms with Gasteiger partial charge in [-0.25, -0.2) is 0 Å². The number of benzene rings is 1. The minimum absolute atomic E-state index is 0.110. The van der Waals surface area contributed by atoms with Crippen molar-refractivity contribution in [2.24, 2.45) is 0 Å². The molecule has 1 N–H and O–H groups in total. The fourth-order valence-corrected chi connectivity index (χ4v) is 3.04. The van der Waals surface area contributed by atoms with Crippen LogP contribution in [0.3, 0.4) is 0 Å². The van der Waals surface area contributed by atoms with Gasteiger partial charge in [-0.2, -0.15) is 0 Å². The zero-order valence-electron chi connectivity index (χ0n) is 10.5. The van der Waals surface area contributed by atoms with E-state index in [1.807, 2.05) is 30.1 Å². The summed E-state index contributed by atoms with van der Waals surface area (Å²) in [5.74, 6) is 0. The summed E-state index contributed by atoms with van der Waals surface area (Å²) >= 11 is 3.37. The fraction of sp³-hybridized carbons (Fsp3) is 0.500. The number of hydrogen-bond acceptors (Lipinski definition) is 3. The number of carbonyl (C=O) groups excluding carboxylic acids is 1.